The molecule has 0 aliphatic heterocycles. The lowest BCUT2D eigenvalue weighted by Gasteiger charge is -2.28. The predicted molar refractivity (Wildman–Crippen MR) is 278 cm³/mol. The highest BCUT2D eigenvalue weighted by Gasteiger charge is 2.28. The molecule has 4 aromatic carbocycles. The summed E-state index contributed by atoms with van der Waals surface area (Å²) in [6, 6.07) is 20.9. The molecule has 2 heterocycles. The molecule has 0 unspecified atom stereocenters. The molecule has 0 amide bonds. The van der Waals surface area contributed by atoms with E-state index in [0.29, 0.717) is 55.5 Å². The summed E-state index contributed by atoms with van der Waals surface area (Å²) >= 11 is 0. The van der Waals surface area contributed by atoms with Crippen LogP contribution in [0.5, 0.6) is 23.0 Å². The van der Waals surface area contributed by atoms with Gasteiger partial charge in [0, 0.05) is 14.2 Å². The second kappa shape index (κ2) is 22.1. The lowest BCUT2D eigenvalue weighted by molar-refractivity contribution is 0.0659. The Morgan fingerprint density at radius 2 is 0.824 bits per heavy atom. The van der Waals surface area contributed by atoms with Crippen molar-refractivity contribution in [3.63, 3.8) is 0 Å². The van der Waals surface area contributed by atoms with E-state index >= 15 is 0 Å². The highest BCUT2D eigenvalue weighted by Crippen LogP contribution is 2.41. The molecule has 10 nitrogen and oxygen atoms in total. The van der Waals surface area contributed by atoms with E-state index in [4.69, 9.17) is 56.5 Å². The summed E-state index contributed by atoms with van der Waals surface area (Å²) < 4.78 is 46.1. The summed E-state index contributed by atoms with van der Waals surface area (Å²) in [5, 5.41) is 1.83. The maximum atomic E-state index is 12.9. The minimum atomic E-state index is -0.948. The Morgan fingerprint density at radius 3 is 1.18 bits per heavy atom. The Balaban J connectivity index is 0.000000282. The molecule has 0 bridgehead atoms. The molecule has 0 atom stereocenters. The molecule has 0 aliphatic rings. The molecule has 0 spiro atoms. The predicted octanol–water partition coefficient (Wildman–Crippen LogP) is 12.8. The zero-order chi connectivity index (χ0) is 51.5. The van der Waals surface area contributed by atoms with Crippen LogP contribution in [0.15, 0.2) is 129 Å². The fourth-order valence-electron chi connectivity index (χ4n) is 5.36. The third-order valence-electron chi connectivity index (χ3n) is 10.3. The Labute approximate surface area is 401 Å². The quantitative estimate of drug-likeness (QED) is 0.0630. The van der Waals surface area contributed by atoms with E-state index in [1.165, 1.54) is 0 Å². The monoisotopic (exact) mass is 922 g/mol. The summed E-state index contributed by atoms with van der Waals surface area (Å²) in [5.41, 5.74) is -2.38. The van der Waals surface area contributed by atoms with E-state index in [1.54, 1.807) is 121 Å². The van der Waals surface area contributed by atoms with Crippen LogP contribution in [0.2, 0.25) is 0 Å². The van der Waals surface area contributed by atoms with Crippen LogP contribution in [0.1, 0.15) is 83.1 Å². The van der Waals surface area contributed by atoms with E-state index in [2.05, 4.69) is 37.5 Å². The molecule has 68 heavy (non-hydrogen) atoms. The number of para-hydroxylation sites is 2. The molecule has 10 heteroatoms. The van der Waals surface area contributed by atoms with E-state index in [0.717, 1.165) is 0 Å². The molecule has 358 valence electrons. The van der Waals surface area contributed by atoms with Gasteiger partial charge in [-0.05, 0) is 144 Å². The van der Waals surface area contributed by atoms with Crippen LogP contribution >= 0.6 is 0 Å². The summed E-state index contributed by atoms with van der Waals surface area (Å²) in [5.74, 6) is 9.06. The maximum Gasteiger partial charge on any atom is 0.206 e. The minimum Gasteiger partial charge on any atom is -0.480 e. The fourth-order valence-corrected chi connectivity index (χ4v) is 5.36. The van der Waals surface area contributed by atoms with Gasteiger partial charge < -0.3 is 37.3 Å². The van der Waals surface area contributed by atoms with Crippen LogP contribution in [-0.4, -0.2) is 47.8 Å². The van der Waals surface area contributed by atoms with Crippen LogP contribution < -0.4 is 29.8 Å². The van der Waals surface area contributed by atoms with Crippen LogP contribution in [0.25, 0.3) is 43.9 Å². The van der Waals surface area contributed by atoms with Crippen molar-refractivity contribution in [1.82, 2.24) is 0 Å². The average molecular weight is 923 g/mol. The lowest BCUT2D eigenvalue weighted by atomic mass is 10.1. The molecule has 6 rings (SSSR count). The number of methoxy groups -OCH3 is 2. The molecule has 0 fully saturated rings. The van der Waals surface area contributed by atoms with Gasteiger partial charge in [-0.3, -0.25) is 9.59 Å². The molecule has 0 aliphatic carbocycles. The van der Waals surface area contributed by atoms with Gasteiger partial charge in [0.25, 0.3) is 0 Å². The van der Waals surface area contributed by atoms with Crippen molar-refractivity contribution < 1.29 is 37.3 Å². The number of benzene rings is 4. The number of fused-ring (bicyclic) bond motifs is 4. The largest absolute Gasteiger partial charge is 0.480 e. The second-order valence-corrected chi connectivity index (χ2v) is 18.6. The summed E-state index contributed by atoms with van der Waals surface area (Å²) in [6.07, 6.45) is 21.3. The molecule has 0 saturated heterocycles. The Kier molecular flexibility index (Phi) is 17.9. The van der Waals surface area contributed by atoms with Crippen molar-refractivity contribution in [2.45, 2.75) is 117 Å². The van der Waals surface area contributed by atoms with Gasteiger partial charge in [0.05, 0.1) is 27.1 Å². The molecule has 2 aromatic heterocycles. The first-order valence-corrected chi connectivity index (χ1v) is 21.8. The zero-order valence-corrected chi connectivity index (χ0v) is 42.1. The standard InChI is InChI=1S/C23H24O4.C23H20O4.C6H12O.C6H10O/c2*1-7-22(3,4)26-18-14-13-16-19(24)15-11-9-10-12-17(15)25-20(16)21(18)27-23(5,6)8-2;2*1-5-6(2,3)7-4/h7-14H,1-2H2,3-6H3;1-2,9-14H,3-6H3;5H,1H2,2-4H3;1H,2-4H3. The number of terminal acetylenes is 3. The van der Waals surface area contributed by atoms with Crippen molar-refractivity contribution in [2.24, 2.45) is 0 Å². The summed E-state index contributed by atoms with van der Waals surface area (Å²) in [4.78, 5) is 25.8. The molecular formula is C58H66O10. The number of hydrogen-bond acceptors (Lipinski definition) is 10. The topological polar surface area (TPSA) is 116 Å². The first kappa shape index (κ1) is 55.2. The fraction of sp³-hybridized carbons (Fsp3) is 0.345. The van der Waals surface area contributed by atoms with Gasteiger partial charge in [-0.1, -0.05) is 61.3 Å². The van der Waals surface area contributed by atoms with Crippen LogP contribution in [0, 0.1) is 37.0 Å². The molecule has 6 aromatic rings. The Bertz CT molecular complexity index is 3020. The van der Waals surface area contributed by atoms with Gasteiger partial charge in [0.15, 0.2) is 33.9 Å². The SMILES string of the molecule is C#CC(C)(C)OC.C#CC(C)(C)Oc1ccc2c(=O)c3ccccc3oc2c1OC(C)(C)C#C.C=CC(C)(C)OC.C=CC(C)(C)Oc1ccc2c(=O)c3ccccc3oc2c1OC(C)(C)C=C. The maximum absolute atomic E-state index is 12.9. The van der Waals surface area contributed by atoms with Crippen LogP contribution in [0.3, 0.4) is 0 Å². The van der Waals surface area contributed by atoms with Gasteiger partial charge in [-0.25, -0.2) is 0 Å². The molecular weight excluding hydrogens is 857 g/mol. The molecule has 0 radical (unpaired) electrons. The van der Waals surface area contributed by atoms with Crippen molar-refractivity contribution >= 4 is 43.9 Å². The highest BCUT2D eigenvalue weighted by atomic mass is 16.6. The number of hydrogen-bond donors (Lipinski definition) is 0. The number of ether oxygens (including phenoxy) is 6. The first-order valence-electron chi connectivity index (χ1n) is 21.8. The zero-order valence-electron chi connectivity index (χ0n) is 42.1. The van der Waals surface area contributed by atoms with Gasteiger partial charge in [0.1, 0.15) is 28.0 Å². The third kappa shape index (κ3) is 14.4. The second-order valence-electron chi connectivity index (χ2n) is 18.6. The van der Waals surface area contributed by atoms with Crippen molar-refractivity contribution in [3.8, 4) is 60.0 Å². The highest BCUT2D eigenvalue weighted by molar-refractivity contribution is 5.95. The van der Waals surface area contributed by atoms with Gasteiger partial charge in [-0.15, -0.1) is 25.8 Å². The Morgan fingerprint density at radius 1 is 0.456 bits per heavy atom. The smallest absolute Gasteiger partial charge is 0.206 e. The van der Waals surface area contributed by atoms with Gasteiger partial charge in [0.2, 0.25) is 22.4 Å². The van der Waals surface area contributed by atoms with E-state index in [9.17, 15) is 9.59 Å². The average Bonchev–Trinajstić information content (AvgIpc) is 3.31. The molecule has 0 N–H and O–H groups in total. The van der Waals surface area contributed by atoms with E-state index in [1.807, 2.05) is 67.5 Å². The minimum absolute atomic E-state index is 0.109. The first-order chi connectivity index (χ1) is 31.6. The number of rotatable bonds is 13. The third-order valence-corrected chi connectivity index (χ3v) is 10.3. The molecule has 0 saturated carbocycles. The van der Waals surface area contributed by atoms with Gasteiger partial charge >= 0.3 is 0 Å². The lowest BCUT2D eigenvalue weighted by Crippen LogP contribution is -2.29. The van der Waals surface area contributed by atoms with Crippen molar-refractivity contribution in [1.29, 1.82) is 0 Å². The van der Waals surface area contributed by atoms with Crippen molar-refractivity contribution in [2.75, 3.05) is 14.2 Å². The van der Waals surface area contributed by atoms with E-state index < -0.39 is 22.4 Å². The normalized spacial score (nSPS) is 11.8. The van der Waals surface area contributed by atoms with Gasteiger partial charge in [-0.2, -0.15) is 0 Å². The van der Waals surface area contributed by atoms with E-state index in [-0.39, 0.29) is 33.4 Å². The van der Waals surface area contributed by atoms with Crippen LogP contribution in [-0.2, 0) is 9.47 Å². The summed E-state index contributed by atoms with van der Waals surface area (Å²) in [6.45, 7) is 33.3. The summed E-state index contributed by atoms with van der Waals surface area (Å²) in [7, 11) is 3.27. The van der Waals surface area contributed by atoms with Crippen LogP contribution in [0.4, 0.5) is 0 Å². The Hall–Kier alpha value is -7.16. The van der Waals surface area contributed by atoms with Crippen molar-refractivity contribution in [3.05, 3.63) is 131 Å².